The molecule has 0 spiro atoms. The van der Waals surface area contributed by atoms with Gasteiger partial charge in [0.2, 0.25) is 5.91 Å². The van der Waals surface area contributed by atoms with Crippen LogP contribution in [0.25, 0.3) is 0 Å². The molecule has 0 radical (unpaired) electrons. The van der Waals surface area contributed by atoms with Gasteiger partial charge < -0.3 is 10.2 Å². The molecule has 0 aromatic carbocycles. The van der Waals surface area contributed by atoms with Gasteiger partial charge in [-0.1, -0.05) is 34.1 Å². The molecule has 0 unspecified atom stereocenters. The van der Waals surface area contributed by atoms with Crippen molar-refractivity contribution in [3.8, 4) is 0 Å². The Bertz CT molecular complexity index is 339. The molecule has 0 atom stereocenters. The number of carbonyl (C=O) groups is 1. The van der Waals surface area contributed by atoms with Crippen LogP contribution in [0.4, 0.5) is 0 Å². The maximum Gasteiger partial charge on any atom is 0.228 e. The molecule has 2 aliphatic heterocycles. The van der Waals surface area contributed by atoms with Gasteiger partial charge in [-0.25, -0.2) is 0 Å². The van der Waals surface area contributed by atoms with Crippen LogP contribution in [-0.4, -0.2) is 37.0 Å². The van der Waals surface area contributed by atoms with Crippen LogP contribution in [0, 0.1) is 16.7 Å². The van der Waals surface area contributed by atoms with Crippen LogP contribution in [0.1, 0.15) is 66.2 Å². The van der Waals surface area contributed by atoms with Crippen molar-refractivity contribution < 1.29 is 4.79 Å². The molecular formula is C18H34N2O. The second-order valence-electron chi connectivity index (χ2n) is 8.21. The lowest BCUT2D eigenvalue weighted by atomic mass is 9.72. The van der Waals surface area contributed by atoms with Crippen molar-refractivity contribution in [3.63, 3.8) is 0 Å². The first-order chi connectivity index (χ1) is 9.89. The molecule has 3 nitrogen and oxygen atoms in total. The average molecular weight is 294 g/mol. The quantitative estimate of drug-likeness (QED) is 0.865. The predicted octanol–water partition coefficient (Wildman–Crippen LogP) is 3.44. The first-order valence-corrected chi connectivity index (χ1v) is 8.89. The van der Waals surface area contributed by atoms with Gasteiger partial charge in [-0.3, -0.25) is 4.79 Å². The van der Waals surface area contributed by atoms with Gasteiger partial charge in [0.1, 0.15) is 0 Å². The highest BCUT2D eigenvalue weighted by Crippen LogP contribution is 2.39. The lowest BCUT2D eigenvalue weighted by molar-refractivity contribution is -0.146. The number of rotatable bonds is 3. The van der Waals surface area contributed by atoms with E-state index < -0.39 is 0 Å². The van der Waals surface area contributed by atoms with Crippen LogP contribution in [0.5, 0.6) is 0 Å². The van der Waals surface area contributed by atoms with Crippen molar-refractivity contribution >= 4 is 5.91 Å². The largest absolute Gasteiger partial charge is 0.342 e. The Hall–Kier alpha value is -0.570. The predicted molar refractivity (Wildman–Crippen MR) is 88.2 cm³/mol. The van der Waals surface area contributed by atoms with E-state index in [1.165, 1.54) is 12.8 Å². The first-order valence-electron chi connectivity index (χ1n) is 8.89. The van der Waals surface area contributed by atoms with E-state index in [1.807, 2.05) is 0 Å². The van der Waals surface area contributed by atoms with Crippen LogP contribution < -0.4 is 5.32 Å². The third-order valence-corrected chi connectivity index (χ3v) is 5.75. The molecule has 2 rings (SSSR count). The smallest absolute Gasteiger partial charge is 0.228 e. The van der Waals surface area contributed by atoms with Gasteiger partial charge in [-0.2, -0.15) is 0 Å². The molecule has 2 fully saturated rings. The minimum absolute atomic E-state index is 0.0609. The second kappa shape index (κ2) is 6.68. The second-order valence-corrected chi connectivity index (χ2v) is 8.21. The Balaban J connectivity index is 1.99. The van der Waals surface area contributed by atoms with E-state index in [-0.39, 0.29) is 5.41 Å². The van der Waals surface area contributed by atoms with Gasteiger partial charge in [0.25, 0.3) is 0 Å². The SMILES string of the molecule is CCCC1(C(=O)N2CCC(C(C)(C)C)CC2)CCNCC1. The summed E-state index contributed by atoms with van der Waals surface area (Å²) in [4.78, 5) is 15.3. The van der Waals surface area contributed by atoms with Crippen LogP contribution in [-0.2, 0) is 4.79 Å². The van der Waals surface area contributed by atoms with Crippen LogP contribution in [0.15, 0.2) is 0 Å². The highest BCUT2D eigenvalue weighted by molar-refractivity contribution is 5.83. The Morgan fingerprint density at radius 2 is 1.76 bits per heavy atom. The molecule has 21 heavy (non-hydrogen) atoms. The van der Waals surface area contributed by atoms with E-state index in [4.69, 9.17) is 0 Å². The van der Waals surface area contributed by atoms with Crippen molar-refractivity contribution in [2.24, 2.45) is 16.7 Å². The first kappa shape index (κ1) is 16.8. The van der Waals surface area contributed by atoms with E-state index in [0.717, 1.165) is 57.8 Å². The Kier molecular flexibility index (Phi) is 5.34. The Morgan fingerprint density at radius 1 is 1.19 bits per heavy atom. The number of hydrogen-bond donors (Lipinski definition) is 1. The van der Waals surface area contributed by atoms with Crippen molar-refractivity contribution in [2.75, 3.05) is 26.2 Å². The number of piperidine rings is 2. The molecule has 2 aliphatic rings. The summed E-state index contributed by atoms with van der Waals surface area (Å²) in [6.07, 6.45) is 6.58. The number of nitrogens with zero attached hydrogens (tertiary/aromatic N) is 1. The number of carbonyl (C=O) groups excluding carboxylic acids is 1. The summed E-state index contributed by atoms with van der Waals surface area (Å²) in [5.74, 6) is 1.22. The third-order valence-electron chi connectivity index (χ3n) is 5.75. The summed E-state index contributed by atoms with van der Waals surface area (Å²) in [5.41, 5.74) is 0.319. The molecule has 1 N–H and O–H groups in total. The van der Waals surface area contributed by atoms with E-state index in [9.17, 15) is 4.79 Å². The molecule has 2 saturated heterocycles. The maximum atomic E-state index is 13.1. The van der Waals surface area contributed by atoms with E-state index in [2.05, 4.69) is 37.9 Å². The summed E-state index contributed by atoms with van der Waals surface area (Å²) in [5, 5.41) is 3.41. The van der Waals surface area contributed by atoms with Crippen molar-refractivity contribution in [1.82, 2.24) is 10.2 Å². The molecule has 0 aromatic heterocycles. The normalized spacial score (nSPS) is 24.1. The fourth-order valence-electron chi connectivity index (χ4n) is 4.24. The number of hydrogen-bond acceptors (Lipinski definition) is 2. The van der Waals surface area contributed by atoms with Gasteiger partial charge in [-0.05, 0) is 56.5 Å². The van der Waals surface area contributed by atoms with Crippen LogP contribution >= 0.6 is 0 Å². The molecule has 0 saturated carbocycles. The van der Waals surface area contributed by atoms with Crippen molar-refractivity contribution in [2.45, 2.75) is 66.2 Å². The lowest BCUT2D eigenvalue weighted by Crippen LogP contribution is -2.52. The summed E-state index contributed by atoms with van der Waals surface area (Å²) >= 11 is 0. The molecule has 0 aromatic rings. The molecule has 3 heteroatoms. The topological polar surface area (TPSA) is 32.3 Å². The zero-order valence-corrected chi connectivity index (χ0v) is 14.5. The van der Waals surface area contributed by atoms with Crippen LogP contribution in [0.3, 0.4) is 0 Å². The standard InChI is InChI=1S/C18H34N2O/c1-5-8-18(9-11-19-12-10-18)16(21)20-13-6-15(7-14-20)17(2,3)4/h15,19H,5-14H2,1-4H3. The van der Waals surface area contributed by atoms with Gasteiger partial charge in [0.15, 0.2) is 0 Å². The average Bonchev–Trinajstić information content (AvgIpc) is 2.47. The van der Waals surface area contributed by atoms with Gasteiger partial charge in [-0.15, -0.1) is 0 Å². The molecule has 0 bridgehead atoms. The van der Waals surface area contributed by atoms with E-state index in [1.54, 1.807) is 0 Å². The van der Waals surface area contributed by atoms with Gasteiger partial charge in [0, 0.05) is 13.1 Å². The summed E-state index contributed by atoms with van der Waals surface area (Å²) in [6.45, 7) is 13.2. The third kappa shape index (κ3) is 3.80. The zero-order chi connectivity index (χ0) is 15.5. The fourth-order valence-corrected chi connectivity index (χ4v) is 4.24. The maximum absolute atomic E-state index is 13.1. The lowest BCUT2D eigenvalue weighted by Gasteiger charge is -2.44. The minimum Gasteiger partial charge on any atom is -0.342 e. The summed E-state index contributed by atoms with van der Waals surface area (Å²) < 4.78 is 0. The van der Waals surface area contributed by atoms with Crippen molar-refractivity contribution in [3.05, 3.63) is 0 Å². The number of likely N-dealkylation sites (tertiary alicyclic amines) is 1. The highest BCUT2D eigenvalue weighted by Gasteiger charge is 2.42. The van der Waals surface area contributed by atoms with Gasteiger partial charge >= 0.3 is 0 Å². The Morgan fingerprint density at radius 3 is 2.24 bits per heavy atom. The molecular weight excluding hydrogens is 260 g/mol. The summed E-state index contributed by atoms with van der Waals surface area (Å²) in [6, 6.07) is 0. The summed E-state index contributed by atoms with van der Waals surface area (Å²) in [7, 11) is 0. The van der Waals surface area contributed by atoms with Gasteiger partial charge in [0.05, 0.1) is 5.41 Å². The minimum atomic E-state index is -0.0609. The molecule has 2 heterocycles. The fraction of sp³-hybridized carbons (Fsp3) is 0.944. The molecule has 122 valence electrons. The monoisotopic (exact) mass is 294 g/mol. The highest BCUT2D eigenvalue weighted by atomic mass is 16.2. The zero-order valence-electron chi connectivity index (χ0n) is 14.5. The van der Waals surface area contributed by atoms with Crippen LogP contribution in [0.2, 0.25) is 0 Å². The molecule has 0 aliphatic carbocycles. The Labute approximate surface area is 130 Å². The molecule has 1 amide bonds. The van der Waals surface area contributed by atoms with E-state index in [0.29, 0.717) is 11.3 Å². The number of nitrogens with one attached hydrogen (secondary N) is 1. The van der Waals surface area contributed by atoms with Crippen molar-refractivity contribution in [1.29, 1.82) is 0 Å². The number of amides is 1. The van der Waals surface area contributed by atoms with E-state index >= 15 is 0 Å².